The molecule has 0 amide bonds. The van der Waals surface area contributed by atoms with E-state index in [1.54, 1.807) is 23.0 Å². The number of hydrogen-bond acceptors (Lipinski definition) is 5. The minimum atomic E-state index is -0.467. The van der Waals surface area contributed by atoms with E-state index in [0.29, 0.717) is 17.1 Å². The zero-order chi connectivity index (χ0) is 13.8. The number of aromatic nitrogens is 3. The van der Waals surface area contributed by atoms with Crippen molar-refractivity contribution in [2.75, 3.05) is 12.8 Å². The molecule has 19 heavy (non-hydrogen) atoms. The first-order chi connectivity index (χ1) is 9.17. The summed E-state index contributed by atoms with van der Waals surface area (Å²) in [5.41, 5.74) is 6.42. The van der Waals surface area contributed by atoms with Gasteiger partial charge in [0.25, 0.3) is 0 Å². The van der Waals surface area contributed by atoms with Gasteiger partial charge in [0.15, 0.2) is 5.82 Å². The second-order valence-electron chi connectivity index (χ2n) is 4.09. The van der Waals surface area contributed by atoms with E-state index in [1.165, 1.54) is 13.3 Å². The highest BCUT2D eigenvalue weighted by atomic mass is 16.5. The third-order valence-electron chi connectivity index (χ3n) is 2.71. The molecule has 0 aliphatic carbocycles. The average molecular weight is 260 g/mol. The van der Waals surface area contributed by atoms with Crippen LogP contribution in [0.5, 0.6) is 0 Å². The number of nitrogens with two attached hydrogens (primary N) is 1. The van der Waals surface area contributed by atoms with Gasteiger partial charge in [0, 0.05) is 18.8 Å². The maximum atomic E-state index is 11.8. The van der Waals surface area contributed by atoms with Crippen molar-refractivity contribution < 1.29 is 9.53 Å². The van der Waals surface area contributed by atoms with Gasteiger partial charge in [-0.25, -0.2) is 14.8 Å². The monoisotopic (exact) mass is 260 g/mol. The summed E-state index contributed by atoms with van der Waals surface area (Å²) in [5, 5.41) is 0. The van der Waals surface area contributed by atoms with Crippen LogP contribution in [0.4, 0.5) is 5.69 Å². The number of hydrogen-bond donors (Lipinski definition) is 1. The minimum absolute atomic E-state index is 0.331. The van der Waals surface area contributed by atoms with Crippen molar-refractivity contribution >= 4 is 11.7 Å². The number of esters is 1. The van der Waals surface area contributed by atoms with E-state index in [2.05, 4.69) is 16.9 Å². The molecule has 2 N–H and O–H groups in total. The summed E-state index contributed by atoms with van der Waals surface area (Å²) in [6, 6.07) is 1.56. The summed E-state index contributed by atoms with van der Waals surface area (Å²) in [4.78, 5) is 20.3. The van der Waals surface area contributed by atoms with Crippen molar-refractivity contribution in [1.82, 2.24) is 14.5 Å². The van der Waals surface area contributed by atoms with E-state index in [0.717, 1.165) is 18.7 Å². The molecule has 0 fully saturated rings. The smallest absolute Gasteiger partial charge is 0.341 e. The molecule has 6 nitrogen and oxygen atoms in total. The molecule has 2 aromatic heterocycles. The Hall–Kier alpha value is -2.37. The topological polar surface area (TPSA) is 83.0 Å². The van der Waals surface area contributed by atoms with Crippen LogP contribution in [-0.4, -0.2) is 27.6 Å². The fourth-order valence-electron chi connectivity index (χ4n) is 1.86. The molecular formula is C13H16N4O2. The fourth-order valence-corrected chi connectivity index (χ4v) is 1.86. The van der Waals surface area contributed by atoms with Crippen LogP contribution >= 0.6 is 0 Å². The van der Waals surface area contributed by atoms with Gasteiger partial charge in [-0.15, -0.1) is 0 Å². The maximum Gasteiger partial charge on any atom is 0.341 e. The number of nitrogens with zero attached hydrogens (tertiary/aromatic N) is 3. The molecular weight excluding hydrogens is 244 g/mol. The van der Waals surface area contributed by atoms with Crippen LogP contribution in [0.3, 0.4) is 0 Å². The van der Waals surface area contributed by atoms with E-state index < -0.39 is 5.97 Å². The predicted octanol–water partition coefficient (Wildman–Crippen LogP) is 1.59. The van der Waals surface area contributed by atoms with Gasteiger partial charge in [0.2, 0.25) is 0 Å². The molecule has 0 aliphatic rings. The summed E-state index contributed by atoms with van der Waals surface area (Å²) in [6.45, 7) is 2.07. The van der Waals surface area contributed by atoms with E-state index >= 15 is 0 Å². The van der Waals surface area contributed by atoms with Crippen molar-refractivity contribution in [2.24, 2.45) is 0 Å². The molecule has 0 atom stereocenters. The normalized spacial score (nSPS) is 10.4. The third kappa shape index (κ3) is 2.57. The number of carbonyl (C=O) groups excluding carboxylic acids is 1. The molecule has 2 aromatic rings. The molecule has 2 rings (SSSR count). The molecule has 0 aromatic carbocycles. The Morgan fingerprint density at radius 2 is 2.26 bits per heavy atom. The van der Waals surface area contributed by atoms with E-state index in [9.17, 15) is 4.79 Å². The molecule has 2 heterocycles. The largest absolute Gasteiger partial charge is 0.465 e. The van der Waals surface area contributed by atoms with Crippen LogP contribution in [0, 0.1) is 0 Å². The molecule has 0 bridgehead atoms. The van der Waals surface area contributed by atoms with Crippen LogP contribution in [0.1, 0.15) is 29.5 Å². The van der Waals surface area contributed by atoms with E-state index in [4.69, 9.17) is 10.5 Å². The molecule has 0 saturated carbocycles. The number of ether oxygens (including phenoxy) is 1. The summed E-state index contributed by atoms with van der Waals surface area (Å²) in [6.07, 6.45) is 6.73. The Morgan fingerprint density at radius 1 is 1.47 bits per heavy atom. The first-order valence-electron chi connectivity index (χ1n) is 6.03. The van der Waals surface area contributed by atoms with Crippen LogP contribution in [0.2, 0.25) is 0 Å². The van der Waals surface area contributed by atoms with Crippen molar-refractivity contribution in [3.63, 3.8) is 0 Å². The number of rotatable bonds is 4. The number of aryl methyl sites for hydroxylation is 1. The van der Waals surface area contributed by atoms with Gasteiger partial charge in [-0.2, -0.15) is 0 Å². The van der Waals surface area contributed by atoms with Crippen LogP contribution < -0.4 is 5.73 Å². The highest BCUT2D eigenvalue weighted by molar-refractivity contribution is 5.93. The standard InChI is InChI=1S/C13H16N4O2/c1-3-4-11-15-5-6-17(11)12-10(13(18)19-2)7-9(14)8-16-12/h5-8H,3-4,14H2,1-2H3. The fraction of sp³-hybridized carbons (Fsp3) is 0.308. The minimum Gasteiger partial charge on any atom is -0.465 e. The van der Waals surface area contributed by atoms with Crippen molar-refractivity contribution in [3.8, 4) is 5.82 Å². The molecule has 0 aliphatic heterocycles. The Labute approximate surface area is 111 Å². The molecule has 0 unspecified atom stereocenters. The van der Waals surface area contributed by atoms with Gasteiger partial charge in [-0.05, 0) is 12.5 Å². The van der Waals surface area contributed by atoms with Gasteiger partial charge < -0.3 is 10.5 Å². The summed E-state index contributed by atoms with van der Waals surface area (Å²) in [7, 11) is 1.33. The number of methoxy groups -OCH3 is 1. The molecule has 0 spiro atoms. The lowest BCUT2D eigenvalue weighted by atomic mass is 10.2. The molecule has 100 valence electrons. The van der Waals surface area contributed by atoms with Crippen molar-refractivity contribution in [1.29, 1.82) is 0 Å². The van der Waals surface area contributed by atoms with Crippen molar-refractivity contribution in [3.05, 3.63) is 36.0 Å². The Bertz CT molecular complexity index is 592. The second kappa shape index (κ2) is 5.51. The Morgan fingerprint density at radius 3 is 2.95 bits per heavy atom. The van der Waals surface area contributed by atoms with Gasteiger partial charge >= 0.3 is 5.97 Å². The maximum absolute atomic E-state index is 11.8. The zero-order valence-electron chi connectivity index (χ0n) is 11.0. The predicted molar refractivity (Wildman–Crippen MR) is 71.1 cm³/mol. The third-order valence-corrected chi connectivity index (χ3v) is 2.71. The first-order valence-corrected chi connectivity index (χ1v) is 6.03. The lowest BCUT2D eigenvalue weighted by Crippen LogP contribution is -2.12. The van der Waals surface area contributed by atoms with Gasteiger partial charge in [0.05, 0.1) is 19.0 Å². The SMILES string of the molecule is CCCc1nccn1-c1ncc(N)cc1C(=O)OC. The van der Waals surface area contributed by atoms with Crippen molar-refractivity contribution in [2.45, 2.75) is 19.8 Å². The number of imidazole rings is 1. The Balaban J connectivity index is 2.55. The Kier molecular flexibility index (Phi) is 3.79. The highest BCUT2D eigenvalue weighted by Crippen LogP contribution is 2.18. The van der Waals surface area contributed by atoms with Crippen LogP contribution in [0.25, 0.3) is 5.82 Å². The van der Waals surface area contributed by atoms with Crippen LogP contribution in [0.15, 0.2) is 24.7 Å². The first kappa shape index (κ1) is 13.1. The molecule has 0 radical (unpaired) electrons. The summed E-state index contributed by atoms with van der Waals surface area (Å²) < 4.78 is 6.55. The van der Waals surface area contributed by atoms with E-state index in [-0.39, 0.29) is 0 Å². The number of nitrogen functional groups attached to an aromatic ring is 1. The number of pyridine rings is 1. The number of anilines is 1. The average Bonchev–Trinajstić information content (AvgIpc) is 2.86. The zero-order valence-corrected chi connectivity index (χ0v) is 11.0. The molecule has 6 heteroatoms. The quantitative estimate of drug-likeness (QED) is 0.844. The summed E-state index contributed by atoms with van der Waals surface area (Å²) >= 11 is 0. The van der Waals surface area contributed by atoms with Crippen LogP contribution in [-0.2, 0) is 11.2 Å². The van der Waals surface area contributed by atoms with Gasteiger partial charge in [-0.1, -0.05) is 6.92 Å². The second-order valence-corrected chi connectivity index (χ2v) is 4.09. The lowest BCUT2D eigenvalue weighted by Gasteiger charge is -2.11. The van der Waals surface area contributed by atoms with E-state index in [1.807, 2.05) is 0 Å². The molecule has 0 saturated heterocycles. The van der Waals surface area contributed by atoms with Gasteiger partial charge in [-0.3, -0.25) is 4.57 Å². The summed E-state index contributed by atoms with van der Waals surface area (Å²) in [5.74, 6) is 0.873. The highest BCUT2D eigenvalue weighted by Gasteiger charge is 2.17. The number of carbonyl (C=O) groups is 1. The van der Waals surface area contributed by atoms with Gasteiger partial charge in [0.1, 0.15) is 11.4 Å². The lowest BCUT2D eigenvalue weighted by molar-refractivity contribution is 0.0600.